The summed E-state index contributed by atoms with van der Waals surface area (Å²) < 4.78 is 5.49. The first-order chi connectivity index (χ1) is 8.54. The van der Waals surface area contributed by atoms with Crippen LogP contribution in [0.25, 0.3) is 0 Å². The number of hydrogen-bond acceptors (Lipinski definition) is 3. The summed E-state index contributed by atoms with van der Waals surface area (Å²) >= 11 is 0. The fourth-order valence-electron chi connectivity index (χ4n) is 1.62. The van der Waals surface area contributed by atoms with Crippen LogP contribution >= 0.6 is 0 Å². The second kappa shape index (κ2) is 7.01. The van der Waals surface area contributed by atoms with E-state index >= 15 is 0 Å². The molecule has 2 atom stereocenters. The summed E-state index contributed by atoms with van der Waals surface area (Å²) in [5.74, 6) is 0.00355. The van der Waals surface area contributed by atoms with Crippen LogP contribution in [0.2, 0.25) is 0 Å². The van der Waals surface area contributed by atoms with Crippen molar-refractivity contribution in [3.63, 3.8) is 0 Å². The van der Waals surface area contributed by atoms with Gasteiger partial charge in [-0.15, -0.1) is 0 Å². The number of benzene rings is 1. The van der Waals surface area contributed by atoms with Gasteiger partial charge in [0.1, 0.15) is 11.8 Å². The molecule has 0 radical (unpaired) electrons. The number of aliphatic carboxylic acids is 1. The van der Waals surface area contributed by atoms with E-state index in [4.69, 9.17) is 9.84 Å². The maximum absolute atomic E-state index is 10.8. The molecule has 0 spiro atoms. The Morgan fingerprint density at radius 2 is 1.94 bits per heavy atom. The molecule has 0 amide bonds. The van der Waals surface area contributed by atoms with Gasteiger partial charge >= 0.3 is 5.97 Å². The zero-order chi connectivity index (χ0) is 13.5. The Labute approximate surface area is 108 Å². The first-order valence-corrected chi connectivity index (χ1v) is 6.26. The second-order valence-electron chi connectivity index (χ2n) is 4.37. The highest BCUT2D eigenvalue weighted by atomic mass is 16.5. The van der Waals surface area contributed by atoms with E-state index in [2.05, 4.69) is 12.2 Å². The van der Waals surface area contributed by atoms with E-state index in [0.717, 1.165) is 17.7 Å². The molecule has 0 heterocycles. The quantitative estimate of drug-likeness (QED) is 0.782. The highest BCUT2D eigenvalue weighted by Gasteiger charge is 2.14. The topological polar surface area (TPSA) is 58.6 Å². The van der Waals surface area contributed by atoms with Gasteiger partial charge in [0, 0.05) is 6.04 Å². The van der Waals surface area contributed by atoms with Crippen LogP contribution in [0.3, 0.4) is 0 Å². The number of ether oxygens (including phenoxy) is 1. The third kappa shape index (κ3) is 4.37. The predicted molar refractivity (Wildman–Crippen MR) is 70.9 cm³/mol. The van der Waals surface area contributed by atoms with E-state index in [0.29, 0.717) is 6.61 Å². The molecule has 0 saturated carbocycles. The zero-order valence-electron chi connectivity index (χ0n) is 11.1. The Morgan fingerprint density at radius 3 is 2.44 bits per heavy atom. The largest absolute Gasteiger partial charge is 0.494 e. The number of carboxylic acids is 1. The van der Waals surface area contributed by atoms with Gasteiger partial charge in [0.2, 0.25) is 0 Å². The minimum Gasteiger partial charge on any atom is -0.494 e. The van der Waals surface area contributed by atoms with E-state index in [1.54, 1.807) is 6.92 Å². The number of nitrogens with one attached hydrogen (secondary N) is 1. The number of hydrogen-bond donors (Lipinski definition) is 2. The summed E-state index contributed by atoms with van der Waals surface area (Å²) in [4.78, 5) is 10.8. The molecule has 0 aliphatic carbocycles. The van der Waals surface area contributed by atoms with E-state index in [-0.39, 0.29) is 6.04 Å². The van der Waals surface area contributed by atoms with Crippen molar-refractivity contribution >= 4 is 5.97 Å². The van der Waals surface area contributed by atoms with E-state index in [9.17, 15) is 4.79 Å². The van der Waals surface area contributed by atoms with Crippen molar-refractivity contribution in [3.05, 3.63) is 29.8 Å². The molecule has 0 aliphatic rings. The third-order valence-corrected chi connectivity index (χ3v) is 2.72. The highest BCUT2D eigenvalue weighted by molar-refractivity contribution is 5.72. The number of rotatable bonds is 7. The van der Waals surface area contributed by atoms with Gasteiger partial charge in [0.25, 0.3) is 0 Å². The lowest BCUT2D eigenvalue weighted by Gasteiger charge is -2.17. The van der Waals surface area contributed by atoms with Crippen molar-refractivity contribution in [1.82, 2.24) is 5.32 Å². The van der Waals surface area contributed by atoms with E-state index < -0.39 is 12.0 Å². The Balaban J connectivity index is 2.58. The Hall–Kier alpha value is -1.55. The molecule has 1 unspecified atom stereocenters. The molecule has 0 fully saturated rings. The molecule has 4 heteroatoms. The molecule has 18 heavy (non-hydrogen) atoms. The van der Waals surface area contributed by atoms with Crippen LogP contribution in [0.1, 0.15) is 38.8 Å². The summed E-state index contributed by atoms with van der Waals surface area (Å²) in [6, 6.07) is 7.17. The third-order valence-electron chi connectivity index (χ3n) is 2.72. The van der Waals surface area contributed by atoms with Crippen LogP contribution in [0.5, 0.6) is 5.75 Å². The van der Waals surface area contributed by atoms with Gasteiger partial charge in [0.05, 0.1) is 6.61 Å². The second-order valence-corrected chi connectivity index (χ2v) is 4.37. The van der Waals surface area contributed by atoms with Gasteiger partial charge in [0.15, 0.2) is 0 Å². The molecule has 0 aromatic heterocycles. The first kappa shape index (κ1) is 14.5. The van der Waals surface area contributed by atoms with Crippen LogP contribution in [-0.4, -0.2) is 23.7 Å². The maximum Gasteiger partial charge on any atom is 0.320 e. The van der Waals surface area contributed by atoms with Crippen LogP contribution in [0.4, 0.5) is 0 Å². The van der Waals surface area contributed by atoms with Crippen molar-refractivity contribution in [1.29, 1.82) is 0 Å². The zero-order valence-corrected chi connectivity index (χ0v) is 11.1. The molecule has 4 nitrogen and oxygen atoms in total. The Kier molecular flexibility index (Phi) is 5.65. The van der Waals surface area contributed by atoms with Gasteiger partial charge in [-0.05, 0) is 38.0 Å². The van der Waals surface area contributed by atoms with Crippen LogP contribution in [0, 0.1) is 0 Å². The fourth-order valence-corrected chi connectivity index (χ4v) is 1.62. The molecule has 1 aromatic rings. The van der Waals surface area contributed by atoms with Crippen molar-refractivity contribution in [3.8, 4) is 5.75 Å². The molecule has 0 aliphatic heterocycles. The van der Waals surface area contributed by atoms with E-state index in [1.807, 2.05) is 31.2 Å². The van der Waals surface area contributed by atoms with Gasteiger partial charge < -0.3 is 9.84 Å². The monoisotopic (exact) mass is 251 g/mol. The van der Waals surface area contributed by atoms with Crippen LogP contribution in [0.15, 0.2) is 24.3 Å². The molecule has 0 saturated heterocycles. The normalized spacial score (nSPS) is 13.9. The van der Waals surface area contributed by atoms with Crippen molar-refractivity contribution in [2.45, 2.75) is 39.3 Å². The van der Waals surface area contributed by atoms with Gasteiger partial charge in [-0.25, -0.2) is 0 Å². The lowest BCUT2D eigenvalue weighted by molar-refractivity contribution is -0.139. The predicted octanol–water partition coefficient (Wildman–Crippen LogP) is 2.60. The van der Waals surface area contributed by atoms with Gasteiger partial charge in [-0.2, -0.15) is 0 Å². The van der Waals surface area contributed by atoms with Crippen molar-refractivity contribution < 1.29 is 14.6 Å². The smallest absolute Gasteiger partial charge is 0.320 e. The van der Waals surface area contributed by atoms with Crippen molar-refractivity contribution in [2.75, 3.05) is 6.61 Å². The number of carbonyl (C=O) groups is 1. The van der Waals surface area contributed by atoms with Crippen LogP contribution in [-0.2, 0) is 4.79 Å². The standard InChI is InChI=1S/C14H21NO3/c1-4-9-18-13-7-5-12(6-8-13)10(2)15-11(3)14(16)17/h5-8,10-11,15H,4,9H2,1-3H3,(H,16,17)/t10?,11-/m0/s1. The summed E-state index contributed by atoms with van der Waals surface area (Å²) in [6.07, 6.45) is 0.982. The molecule has 1 rings (SSSR count). The highest BCUT2D eigenvalue weighted by Crippen LogP contribution is 2.18. The lowest BCUT2D eigenvalue weighted by Crippen LogP contribution is -2.35. The molecular weight excluding hydrogens is 230 g/mol. The molecule has 2 N–H and O–H groups in total. The number of carboxylic acid groups (broad SMARTS) is 1. The molecule has 100 valence electrons. The average molecular weight is 251 g/mol. The Morgan fingerprint density at radius 1 is 1.33 bits per heavy atom. The van der Waals surface area contributed by atoms with Gasteiger partial charge in [-0.1, -0.05) is 19.1 Å². The Bertz CT molecular complexity index is 375. The minimum absolute atomic E-state index is 0.00340. The summed E-state index contributed by atoms with van der Waals surface area (Å²) in [5.41, 5.74) is 1.05. The summed E-state index contributed by atoms with van der Waals surface area (Å²) in [7, 11) is 0. The van der Waals surface area contributed by atoms with E-state index in [1.165, 1.54) is 0 Å². The SMILES string of the molecule is CCCOc1ccc(C(C)N[C@@H](C)C(=O)O)cc1. The van der Waals surface area contributed by atoms with Crippen LogP contribution < -0.4 is 10.1 Å². The summed E-state index contributed by atoms with van der Waals surface area (Å²) in [6.45, 7) is 6.36. The molecule has 1 aromatic carbocycles. The lowest BCUT2D eigenvalue weighted by atomic mass is 10.1. The minimum atomic E-state index is -0.843. The molecular formula is C14H21NO3. The molecule has 0 bridgehead atoms. The summed E-state index contributed by atoms with van der Waals surface area (Å²) in [5, 5.41) is 11.9. The maximum atomic E-state index is 10.8. The first-order valence-electron chi connectivity index (χ1n) is 6.26. The fraction of sp³-hybridized carbons (Fsp3) is 0.500. The van der Waals surface area contributed by atoms with Gasteiger partial charge in [-0.3, -0.25) is 10.1 Å². The average Bonchev–Trinajstić information content (AvgIpc) is 2.36. The van der Waals surface area contributed by atoms with Crippen molar-refractivity contribution in [2.24, 2.45) is 0 Å².